The maximum absolute atomic E-state index is 12.5. The van der Waals surface area contributed by atoms with Gasteiger partial charge in [0.1, 0.15) is 0 Å². The van der Waals surface area contributed by atoms with E-state index in [9.17, 15) is 4.79 Å². The summed E-state index contributed by atoms with van der Waals surface area (Å²) in [6.45, 7) is 4.10. The van der Waals surface area contributed by atoms with Crippen LogP contribution in [0.4, 0.5) is 0 Å². The summed E-state index contributed by atoms with van der Waals surface area (Å²) in [5.74, 6) is 1.40. The third kappa shape index (κ3) is 4.20. The number of nitrogens with zero attached hydrogens (tertiary/aromatic N) is 2. The van der Waals surface area contributed by atoms with Gasteiger partial charge in [-0.2, -0.15) is 0 Å². The van der Waals surface area contributed by atoms with Crippen molar-refractivity contribution in [3.8, 4) is 11.3 Å². The lowest BCUT2D eigenvalue weighted by atomic mass is 10.1. The molecule has 1 aromatic heterocycles. The van der Waals surface area contributed by atoms with Gasteiger partial charge in [-0.15, -0.1) is 0 Å². The minimum Gasteiger partial charge on any atom is -0.441 e. The van der Waals surface area contributed by atoms with Gasteiger partial charge in [-0.1, -0.05) is 60.2 Å². The van der Waals surface area contributed by atoms with E-state index in [0.717, 1.165) is 16.9 Å². The fourth-order valence-corrected chi connectivity index (χ4v) is 2.84. The molecule has 0 bridgehead atoms. The lowest BCUT2D eigenvalue weighted by Crippen LogP contribution is -2.29. The largest absolute Gasteiger partial charge is 0.441 e. The maximum Gasteiger partial charge on any atom is 0.223 e. The fourth-order valence-electron chi connectivity index (χ4n) is 2.84. The van der Waals surface area contributed by atoms with E-state index in [-0.39, 0.29) is 11.9 Å². The molecule has 0 aliphatic rings. The monoisotopic (exact) mass is 348 g/mol. The Kier molecular flexibility index (Phi) is 5.52. The van der Waals surface area contributed by atoms with Crippen molar-refractivity contribution < 1.29 is 9.21 Å². The van der Waals surface area contributed by atoms with E-state index >= 15 is 0 Å². The quantitative estimate of drug-likeness (QED) is 0.643. The molecular weight excluding hydrogens is 324 g/mol. The highest BCUT2D eigenvalue weighted by atomic mass is 16.4. The van der Waals surface area contributed by atoms with E-state index in [1.54, 1.807) is 11.1 Å². The van der Waals surface area contributed by atoms with Crippen molar-refractivity contribution in [2.45, 2.75) is 32.7 Å². The molecule has 0 aliphatic heterocycles. The molecular formula is C22H24N2O2. The molecule has 1 heterocycles. The molecule has 4 nitrogen and oxygen atoms in total. The molecule has 0 N–H and O–H groups in total. The number of aryl methyl sites for hydroxylation is 2. The zero-order valence-corrected chi connectivity index (χ0v) is 15.5. The summed E-state index contributed by atoms with van der Waals surface area (Å²) < 4.78 is 5.78. The van der Waals surface area contributed by atoms with Crippen molar-refractivity contribution in [2.75, 3.05) is 7.05 Å². The number of hydrogen-bond donors (Lipinski definition) is 0. The number of rotatable bonds is 6. The van der Waals surface area contributed by atoms with Crippen LogP contribution >= 0.6 is 0 Å². The van der Waals surface area contributed by atoms with Crippen LogP contribution in [0.5, 0.6) is 0 Å². The normalized spacial score (nSPS) is 12.0. The summed E-state index contributed by atoms with van der Waals surface area (Å²) in [7, 11) is 1.85. The van der Waals surface area contributed by atoms with E-state index in [2.05, 4.69) is 36.2 Å². The second-order valence-corrected chi connectivity index (χ2v) is 6.58. The highest BCUT2D eigenvalue weighted by molar-refractivity contribution is 5.76. The van der Waals surface area contributed by atoms with Crippen LogP contribution in [-0.4, -0.2) is 22.8 Å². The van der Waals surface area contributed by atoms with E-state index < -0.39 is 0 Å². The average molecular weight is 348 g/mol. The predicted octanol–water partition coefficient (Wildman–Crippen LogP) is 4.80. The number of carbonyl (C=O) groups excluding carboxylic acids is 1. The first kappa shape index (κ1) is 17.9. The van der Waals surface area contributed by atoms with E-state index in [1.165, 1.54) is 5.56 Å². The first-order valence-corrected chi connectivity index (χ1v) is 8.87. The molecule has 0 fully saturated rings. The molecule has 134 valence electrons. The molecule has 1 amide bonds. The van der Waals surface area contributed by atoms with Crippen molar-refractivity contribution in [2.24, 2.45) is 0 Å². The zero-order chi connectivity index (χ0) is 18.5. The molecule has 4 heteroatoms. The Morgan fingerprint density at radius 1 is 1.12 bits per heavy atom. The number of oxazole rings is 1. The first-order valence-electron chi connectivity index (χ1n) is 8.87. The van der Waals surface area contributed by atoms with Gasteiger partial charge in [-0.25, -0.2) is 4.98 Å². The Morgan fingerprint density at radius 3 is 2.50 bits per heavy atom. The van der Waals surface area contributed by atoms with Gasteiger partial charge in [0, 0.05) is 25.5 Å². The minimum absolute atomic E-state index is 0.0348. The lowest BCUT2D eigenvalue weighted by Gasteiger charge is -2.25. The van der Waals surface area contributed by atoms with E-state index in [4.69, 9.17) is 4.42 Å². The predicted molar refractivity (Wildman–Crippen MR) is 103 cm³/mol. The lowest BCUT2D eigenvalue weighted by molar-refractivity contribution is -0.131. The van der Waals surface area contributed by atoms with Crippen molar-refractivity contribution in [1.29, 1.82) is 0 Å². The minimum atomic E-state index is 0.0348. The standard InChI is InChI=1S/C22H24N2O2/c1-16-9-11-18(12-10-16)17(2)24(3)22(25)14-13-21-23-15-20(26-21)19-7-5-4-6-8-19/h4-12,15,17H,13-14H2,1-3H3. The SMILES string of the molecule is Cc1ccc(C(C)N(C)C(=O)CCc2ncc(-c3ccccc3)o2)cc1. The molecule has 1 atom stereocenters. The van der Waals surface area contributed by atoms with Crippen LogP contribution in [0.2, 0.25) is 0 Å². The number of aromatic nitrogens is 1. The van der Waals surface area contributed by atoms with Crippen LogP contribution in [0, 0.1) is 6.92 Å². The summed E-state index contributed by atoms with van der Waals surface area (Å²) >= 11 is 0. The molecule has 0 aliphatic carbocycles. The topological polar surface area (TPSA) is 46.3 Å². The third-order valence-corrected chi connectivity index (χ3v) is 4.70. The van der Waals surface area contributed by atoms with Gasteiger partial charge in [0.25, 0.3) is 0 Å². The van der Waals surface area contributed by atoms with Crippen molar-refractivity contribution in [3.63, 3.8) is 0 Å². The Labute approximate surface area is 154 Å². The molecule has 3 rings (SSSR count). The Bertz CT molecular complexity index is 853. The second kappa shape index (κ2) is 8.00. The van der Waals surface area contributed by atoms with Crippen LogP contribution in [-0.2, 0) is 11.2 Å². The Hall–Kier alpha value is -2.88. The molecule has 26 heavy (non-hydrogen) atoms. The van der Waals surface area contributed by atoms with E-state index in [0.29, 0.717) is 18.7 Å². The van der Waals surface area contributed by atoms with Gasteiger partial charge in [-0.3, -0.25) is 4.79 Å². The Morgan fingerprint density at radius 2 is 1.81 bits per heavy atom. The number of amides is 1. The second-order valence-electron chi connectivity index (χ2n) is 6.58. The smallest absolute Gasteiger partial charge is 0.223 e. The van der Waals surface area contributed by atoms with Crippen molar-refractivity contribution >= 4 is 5.91 Å². The highest BCUT2D eigenvalue weighted by Crippen LogP contribution is 2.22. The fraction of sp³-hybridized carbons (Fsp3) is 0.273. The molecule has 0 spiro atoms. The summed E-state index contributed by atoms with van der Waals surface area (Å²) in [6.07, 6.45) is 2.59. The molecule has 1 unspecified atom stereocenters. The number of hydrogen-bond acceptors (Lipinski definition) is 3. The summed E-state index contributed by atoms with van der Waals surface area (Å²) in [6, 6.07) is 18.2. The van der Waals surface area contributed by atoms with Crippen molar-refractivity contribution in [1.82, 2.24) is 9.88 Å². The molecule has 0 saturated carbocycles. The van der Waals surface area contributed by atoms with Crippen LogP contribution in [0.25, 0.3) is 11.3 Å². The third-order valence-electron chi connectivity index (χ3n) is 4.70. The van der Waals surface area contributed by atoms with Crippen molar-refractivity contribution in [3.05, 3.63) is 77.8 Å². The van der Waals surface area contributed by atoms with Gasteiger partial charge in [0.05, 0.1) is 12.2 Å². The van der Waals surface area contributed by atoms with Crippen LogP contribution in [0.3, 0.4) is 0 Å². The van der Waals surface area contributed by atoms with Crippen LogP contribution < -0.4 is 0 Å². The first-order chi connectivity index (χ1) is 12.5. The van der Waals surface area contributed by atoms with Crippen LogP contribution in [0.15, 0.2) is 65.2 Å². The van der Waals surface area contributed by atoms with Crippen LogP contribution in [0.1, 0.15) is 36.4 Å². The van der Waals surface area contributed by atoms with Gasteiger partial charge >= 0.3 is 0 Å². The molecule has 0 saturated heterocycles. The van der Waals surface area contributed by atoms with E-state index in [1.807, 2.05) is 44.3 Å². The molecule has 2 aromatic carbocycles. The highest BCUT2D eigenvalue weighted by Gasteiger charge is 2.18. The van der Waals surface area contributed by atoms with Gasteiger partial charge in [0.15, 0.2) is 11.7 Å². The Balaban J connectivity index is 1.58. The van der Waals surface area contributed by atoms with Gasteiger partial charge < -0.3 is 9.32 Å². The number of carbonyl (C=O) groups is 1. The number of benzene rings is 2. The molecule has 3 aromatic rings. The molecule has 0 radical (unpaired) electrons. The summed E-state index contributed by atoms with van der Waals surface area (Å²) in [4.78, 5) is 18.6. The summed E-state index contributed by atoms with van der Waals surface area (Å²) in [5, 5.41) is 0. The average Bonchev–Trinajstić information content (AvgIpc) is 3.15. The summed E-state index contributed by atoms with van der Waals surface area (Å²) in [5.41, 5.74) is 3.34. The maximum atomic E-state index is 12.5. The zero-order valence-electron chi connectivity index (χ0n) is 15.5. The van der Waals surface area contributed by atoms with Gasteiger partial charge in [-0.05, 0) is 19.4 Å². The van der Waals surface area contributed by atoms with Gasteiger partial charge in [0.2, 0.25) is 5.91 Å².